The maximum absolute atomic E-state index is 13.0. The standard InChI is InChI=1S/C20H21N5OS2/c1-11-19(28-22)27-20(23-11)25(2)18(26)15-8-12-6-7-13(9-14(12)10-15)16-4-3-5-17(21)24-16/h3-7,9,15H,8,10,22H2,1-2H3,(H2,21,24)/t15-/m0/s1. The van der Waals surface area contributed by atoms with Crippen molar-refractivity contribution in [2.45, 2.75) is 24.0 Å². The maximum Gasteiger partial charge on any atom is 0.232 e. The number of fused-ring (bicyclic) bond motifs is 1. The predicted octanol–water partition coefficient (Wildman–Crippen LogP) is 3.44. The fourth-order valence-electron chi connectivity index (χ4n) is 3.55. The molecule has 4 rings (SSSR count). The Morgan fingerprint density at radius 1 is 1.21 bits per heavy atom. The molecular formula is C20H21N5OS2. The summed E-state index contributed by atoms with van der Waals surface area (Å²) >= 11 is 2.62. The Morgan fingerprint density at radius 2 is 2.00 bits per heavy atom. The van der Waals surface area contributed by atoms with Gasteiger partial charge >= 0.3 is 0 Å². The van der Waals surface area contributed by atoms with Crippen LogP contribution in [0.5, 0.6) is 0 Å². The summed E-state index contributed by atoms with van der Waals surface area (Å²) in [7, 11) is 1.79. The summed E-state index contributed by atoms with van der Waals surface area (Å²) in [6, 6.07) is 11.9. The third kappa shape index (κ3) is 3.50. The fraction of sp³-hybridized carbons (Fsp3) is 0.250. The van der Waals surface area contributed by atoms with Crippen molar-refractivity contribution in [3.63, 3.8) is 0 Å². The average molecular weight is 412 g/mol. The van der Waals surface area contributed by atoms with Gasteiger partial charge in [-0.2, -0.15) is 0 Å². The van der Waals surface area contributed by atoms with Crippen molar-refractivity contribution in [1.82, 2.24) is 9.97 Å². The van der Waals surface area contributed by atoms with E-state index in [2.05, 4.69) is 22.1 Å². The number of nitrogens with two attached hydrogens (primary N) is 2. The molecule has 3 aromatic rings. The second kappa shape index (κ2) is 7.54. The van der Waals surface area contributed by atoms with Gasteiger partial charge in [-0.05, 0) is 61.0 Å². The fourth-order valence-corrected chi connectivity index (χ4v) is 4.95. The van der Waals surface area contributed by atoms with Crippen LogP contribution in [0.3, 0.4) is 0 Å². The molecule has 1 atom stereocenters. The van der Waals surface area contributed by atoms with Crippen LogP contribution in [0.25, 0.3) is 11.3 Å². The number of anilines is 2. The van der Waals surface area contributed by atoms with Crippen molar-refractivity contribution in [2.75, 3.05) is 17.7 Å². The number of nitrogens with zero attached hydrogens (tertiary/aromatic N) is 3. The summed E-state index contributed by atoms with van der Waals surface area (Å²) in [6.45, 7) is 1.91. The Bertz CT molecular complexity index is 1050. The van der Waals surface area contributed by atoms with E-state index in [9.17, 15) is 4.79 Å². The van der Waals surface area contributed by atoms with Gasteiger partial charge in [-0.25, -0.2) is 9.97 Å². The monoisotopic (exact) mass is 411 g/mol. The molecule has 0 bridgehead atoms. The number of aromatic nitrogens is 2. The zero-order valence-electron chi connectivity index (χ0n) is 15.7. The molecular weight excluding hydrogens is 390 g/mol. The zero-order chi connectivity index (χ0) is 19.8. The van der Waals surface area contributed by atoms with Crippen molar-refractivity contribution >= 4 is 40.1 Å². The molecule has 1 aliphatic carbocycles. The molecule has 0 saturated heterocycles. The molecule has 2 heterocycles. The van der Waals surface area contributed by atoms with Gasteiger partial charge in [-0.1, -0.05) is 29.5 Å². The molecule has 28 heavy (non-hydrogen) atoms. The van der Waals surface area contributed by atoms with Gasteiger partial charge in [0.25, 0.3) is 0 Å². The first-order valence-electron chi connectivity index (χ1n) is 8.92. The molecule has 0 radical (unpaired) electrons. The first-order chi connectivity index (χ1) is 13.5. The smallest absolute Gasteiger partial charge is 0.232 e. The van der Waals surface area contributed by atoms with E-state index in [1.54, 1.807) is 18.0 Å². The third-order valence-corrected chi connectivity index (χ3v) is 7.10. The highest BCUT2D eigenvalue weighted by atomic mass is 32.2. The molecule has 0 spiro atoms. The lowest BCUT2D eigenvalue weighted by molar-refractivity contribution is -0.121. The Morgan fingerprint density at radius 3 is 2.71 bits per heavy atom. The van der Waals surface area contributed by atoms with E-state index in [-0.39, 0.29) is 11.8 Å². The van der Waals surface area contributed by atoms with E-state index in [0.29, 0.717) is 10.9 Å². The lowest BCUT2D eigenvalue weighted by Crippen LogP contribution is -2.33. The molecule has 0 fully saturated rings. The van der Waals surface area contributed by atoms with E-state index in [1.165, 1.54) is 34.4 Å². The number of thiazole rings is 1. The minimum absolute atomic E-state index is 0.0813. The molecule has 4 N–H and O–H groups in total. The van der Waals surface area contributed by atoms with Crippen molar-refractivity contribution in [3.05, 3.63) is 53.2 Å². The second-order valence-corrected chi connectivity index (χ2v) is 8.80. The number of carbonyl (C=O) groups is 1. The molecule has 8 heteroatoms. The lowest BCUT2D eigenvalue weighted by Gasteiger charge is -2.18. The number of rotatable bonds is 4. The summed E-state index contributed by atoms with van der Waals surface area (Å²) in [4.78, 5) is 23.6. The quantitative estimate of drug-likeness (QED) is 0.638. The number of amides is 1. The summed E-state index contributed by atoms with van der Waals surface area (Å²) in [5.41, 5.74) is 10.9. The molecule has 1 amide bonds. The number of pyridine rings is 1. The summed E-state index contributed by atoms with van der Waals surface area (Å²) in [5, 5.41) is 6.35. The molecule has 144 valence electrons. The molecule has 1 aromatic carbocycles. The van der Waals surface area contributed by atoms with E-state index >= 15 is 0 Å². The van der Waals surface area contributed by atoms with Gasteiger partial charge in [0, 0.05) is 18.5 Å². The van der Waals surface area contributed by atoms with Crippen molar-refractivity contribution in [1.29, 1.82) is 0 Å². The van der Waals surface area contributed by atoms with Gasteiger partial charge in [0.15, 0.2) is 5.13 Å². The zero-order valence-corrected chi connectivity index (χ0v) is 17.3. The number of aryl methyl sites for hydroxylation is 1. The Labute approximate surface area is 172 Å². The first kappa shape index (κ1) is 18.9. The number of benzene rings is 1. The largest absolute Gasteiger partial charge is 0.384 e. The van der Waals surface area contributed by atoms with E-state index in [1.807, 2.05) is 25.1 Å². The topological polar surface area (TPSA) is 98.1 Å². The van der Waals surface area contributed by atoms with Crippen LogP contribution in [-0.4, -0.2) is 22.9 Å². The number of carbonyl (C=O) groups excluding carboxylic acids is 1. The van der Waals surface area contributed by atoms with Gasteiger partial charge in [0.1, 0.15) is 5.82 Å². The van der Waals surface area contributed by atoms with Gasteiger partial charge in [0.05, 0.1) is 15.6 Å². The Hall–Kier alpha value is -2.42. The minimum Gasteiger partial charge on any atom is -0.384 e. The van der Waals surface area contributed by atoms with Crippen molar-refractivity contribution in [2.24, 2.45) is 11.1 Å². The molecule has 1 aliphatic rings. The van der Waals surface area contributed by atoms with Crippen LogP contribution in [0, 0.1) is 12.8 Å². The van der Waals surface area contributed by atoms with E-state index in [0.717, 1.165) is 34.0 Å². The van der Waals surface area contributed by atoms with Crippen LogP contribution in [0.15, 0.2) is 40.6 Å². The van der Waals surface area contributed by atoms with Crippen molar-refractivity contribution < 1.29 is 4.79 Å². The van der Waals surface area contributed by atoms with Crippen LogP contribution in [-0.2, 0) is 17.6 Å². The highest BCUT2D eigenvalue weighted by Gasteiger charge is 2.31. The molecule has 2 aromatic heterocycles. The SMILES string of the molecule is Cc1nc(N(C)C(=O)[C@H]2Cc3ccc(-c4cccc(N)n4)cc3C2)sc1SN. The van der Waals surface area contributed by atoms with E-state index < -0.39 is 0 Å². The van der Waals surface area contributed by atoms with Gasteiger partial charge in [-0.15, -0.1) is 0 Å². The van der Waals surface area contributed by atoms with Gasteiger partial charge < -0.3 is 5.73 Å². The van der Waals surface area contributed by atoms with Crippen LogP contribution in [0.4, 0.5) is 10.9 Å². The summed E-state index contributed by atoms with van der Waals surface area (Å²) < 4.78 is 0.934. The second-order valence-electron chi connectivity index (χ2n) is 6.92. The predicted molar refractivity (Wildman–Crippen MR) is 115 cm³/mol. The summed E-state index contributed by atoms with van der Waals surface area (Å²) in [6.07, 6.45) is 1.46. The molecule has 0 saturated carbocycles. The highest BCUT2D eigenvalue weighted by molar-refractivity contribution is 7.99. The van der Waals surface area contributed by atoms with Crippen LogP contribution in [0.2, 0.25) is 0 Å². The van der Waals surface area contributed by atoms with Gasteiger partial charge in [0.2, 0.25) is 5.91 Å². The third-order valence-electron chi connectivity index (χ3n) is 5.02. The molecule has 0 aliphatic heterocycles. The van der Waals surface area contributed by atoms with Crippen LogP contribution < -0.4 is 15.8 Å². The molecule has 0 unspecified atom stereocenters. The van der Waals surface area contributed by atoms with Crippen LogP contribution in [0.1, 0.15) is 16.8 Å². The Balaban J connectivity index is 1.53. The number of hydrogen-bond donors (Lipinski definition) is 2. The lowest BCUT2D eigenvalue weighted by atomic mass is 10.0. The number of nitrogen functional groups attached to an aromatic ring is 1. The maximum atomic E-state index is 13.0. The minimum atomic E-state index is -0.0813. The van der Waals surface area contributed by atoms with Gasteiger partial charge in [-0.3, -0.25) is 14.8 Å². The first-order valence-corrected chi connectivity index (χ1v) is 10.6. The average Bonchev–Trinajstić information content (AvgIpc) is 3.29. The van der Waals surface area contributed by atoms with Crippen LogP contribution >= 0.6 is 23.3 Å². The normalized spacial score (nSPS) is 15.5. The Kier molecular flexibility index (Phi) is 5.09. The molecule has 6 nitrogen and oxygen atoms in total. The van der Waals surface area contributed by atoms with Crippen molar-refractivity contribution in [3.8, 4) is 11.3 Å². The summed E-state index contributed by atoms with van der Waals surface area (Å²) in [5.74, 6) is 0.505. The highest BCUT2D eigenvalue weighted by Crippen LogP contribution is 2.35. The number of hydrogen-bond acceptors (Lipinski definition) is 7. The van der Waals surface area contributed by atoms with E-state index in [4.69, 9.17) is 10.9 Å².